The number of aromatic nitrogens is 2. The van der Waals surface area contributed by atoms with Crippen LogP contribution in [0.15, 0.2) is 40.9 Å². The maximum atomic E-state index is 11.8. The number of nitrogens with one attached hydrogen (secondary N) is 2. The van der Waals surface area contributed by atoms with Crippen LogP contribution < -0.4 is 5.32 Å². The van der Waals surface area contributed by atoms with Crippen molar-refractivity contribution in [3.63, 3.8) is 0 Å². The van der Waals surface area contributed by atoms with E-state index in [0.717, 1.165) is 5.56 Å². The molecule has 0 bridgehead atoms. The van der Waals surface area contributed by atoms with E-state index >= 15 is 0 Å². The molecule has 26 heavy (non-hydrogen) atoms. The third-order valence-corrected chi connectivity index (χ3v) is 5.54. The number of aromatic amines is 1. The Labute approximate surface area is 156 Å². The van der Waals surface area contributed by atoms with Crippen molar-refractivity contribution in [3.05, 3.63) is 58.4 Å². The number of halogens is 1. The summed E-state index contributed by atoms with van der Waals surface area (Å²) >= 11 is 7.63. The molecule has 132 valence electrons. The Morgan fingerprint density at radius 2 is 2.19 bits per heavy atom. The maximum Gasteiger partial charge on any atom is 0.335 e. The molecular weight excluding hydrogens is 378 g/mol. The van der Waals surface area contributed by atoms with E-state index in [1.54, 1.807) is 18.3 Å². The molecule has 1 amide bonds. The molecule has 3 aromatic rings. The van der Waals surface area contributed by atoms with Gasteiger partial charge in [0.15, 0.2) is 0 Å². The van der Waals surface area contributed by atoms with Crippen LogP contribution in [-0.4, -0.2) is 32.9 Å². The van der Waals surface area contributed by atoms with Crippen LogP contribution in [0, 0.1) is 0 Å². The standard InChI is InChI=1S/C17H12ClN3O4S/c18-11-2-1-8(17(23)24)5-9(11)12-3-4-13(25-12)15-10-6-19-21-16(10)20-14(22)7-26-15/h1-6,15H,7H2,(H,23,24)(H2,19,20,21,22)/t15-/m1/s1. The van der Waals surface area contributed by atoms with Crippen LogP contribution in [0.25, 0.3) is 11.3 Å². The molecule has 3 heterocycles. The monoisotopic (exact) mass is 389 g/mol. The van der Waals surface area contributed by atoms with Crippen molar-refractivity contribution < 1.29 is 19.1 Å². The molecule has 1 aromatic carbocycles. The van der Waals surface area contributed by atoms with Crippen molar-refractivity contribution in [3.8, 4) is 11.3 Å². The molecule has 0 saturated heterocycles. The van der Waals surface area contributed by atoms with Crippen molar-refractivity contribution in [2.24, 2.45) is 0 Å². The van der Waals surface area contributed by atoms with Gasteiger partial charge >= 0.3 is 5.97 Å². The van der Waals surface area contributed by atoms with E-state index in [9.17, 15) is 14.7 Å². The zero-order chi connectivity index (χ0) is 18.3. The molecule has 1 atom stereocenters. The second kappa shape index (κ2) is 6.54. The first kappa shape index (κ1) is 16.7. The molecular formula is C17H12ClN3O4S. The number of benzene rings is 1. The maximum absolute atomic E-state index is 11.8. The van der Waals surface area contributed by atoms with Crippen LogP contribution in [-0.2, 0) is 4.79 Å². The van der Waals surface area contributed by atoms with E-state index in [4.69, 9.17) is 16.0 Å². The zero-order valence-corrected chi connectivity index (χ0v) is 14.7. The predicted molar refractivity (Wildman–Crippen MR) is 97.6 cm³/mol. The Kier molecular flexibility index (Phi) is 4.21. The predicted octanol–water partition coefficient (Wildman–Crippen LogP) is 3.80. The summed E-state index contributed by atoms with van der Waals surface area (Å²) in [5, 5.41) is 18.9. The quantitative estimate of drug-likeness (QED) is 0.628. The van der Waals surface area contributed by atoms with E-state index < -0.39 is 5.97 Å². The van der Waals surface area contributed by atoms with Gasteiger partial charge in [-0.15, -0.1) is 11.8 Å². The fourth-order valence-corrected chi connectivity index (χ4v) is 3.99. The highest BCUT2D eigenvalue weighted by molar-refractivity contribution is 8.00. The Morgan fingerprint density at radius 1 is 1.35 bits per heavy atom. The normalized spacial score (nSPS) is 16.7. The first-order chi connectivity index (χ1) is 12.5. The number of hydrogen-bond donors (Lipinski definition) is 3. The summed E-state index contributed by atoms with van der Waals surface area (Å²) in [6.45, 7) is 0. The van der Waals surface area contributed by atoms with E-state index in [1.807, 2.05) is 0 Å². The van der Waals surface area contributed by atoms with Crippen LogP contribution >= 0.6 is 23.4 Å². The van der Waals surface area contributed by atoms with Gasteiger partial charge in [-0.3, -0.25) is 9.89 Å². The molecule has 2 aromatic heterocycles. The fraction of sp³-hybridized carbons (Fsp3) is 0.118. The lowest BCUT2D eigenvalue weighted by molar-refractivity contribution is -0.113. The largest absolute Gasteiger partial charge is 0.478 e. The van der Waals surface area contributed by atoms with E-state index in [-0.39, 0.29) is 22.5 Å². The highest BCUT2D eigenvalue weighted by Gasteiger charge is 2.28. The van der Waals surface area contributed by atoms with Crippen LogP contribution in [0.3, 0.4) is 0 Å². The Balaban J connectivity index is 1.73. The number of thioether (sulfide) groups is 1. The minimum Gasteiger partial charge on any atom is -0.478 e. The fourth-order valence-electron chi connectivity index (χ4n) is 2.74. The summed E-state index contributed by atoms with van der Waals surface area (Å²) < 4.78 is 5.96. The molecule has 0 radical (unpaired) electrons. The third-order valence-electron chi connectivity index (χ3n) is 3.96. The molecule has 7 nitrogen and oxygen atoms in total. The summed E-state index contributed by atoms with van der Waals surface area (Å²) in [4.78, 5) is 23.0. The van der Waals surface area contributed by atoms with E-state index in [2.05, 4.69) is 15.5 Å². The molecule has 4 rings (SSSR count). The van der Waals surface area contributed by atoms with Gasteiger partial charge in [-0.2, -0.15) is 5.10 Å². The average Bonchev–Trinajstić information content (AvgIpc) is 3.23. The number of amides is 1. The van der Waals surface area contributed by atoms with Crippen LogP contribution in [0.4, 0.5) is 5.82 Å². The Bertz CT molecular complexity index is 1010. The lowest BCUT2D eigenvalue weighted by Crippen LogP contribution is -2.12. The molecule has 0 fully saturated rings. The van der Waals surface area contributed by atoms with Gasteiger partial charge in [0.25, 0.3) is 0 Å². The van der Waals surface area contributed by atoms with Gasteiger partial charge in [0.05, 0.1) is 27.8 Å². The molecule has 0 spiro atoms. The first-order valence-electron chi connectivity index (χ1n) is 7.60. The van der Waals surface area contributed by atoms with Crippen LogP contribution in [0.2, 0.25) is 5.02 Å². The molecule has 0 unspecified atom stereocenters. The highest BCUT2D eigenvalue weighted by Crippen LogP contribution is 2.42. The minimum atomic E-state index is -1.04. The van der Waals surface area contributed by atoms with E-state index in [1.165, 1.54) is 30.0 Å². The Morgan fingerprint density at radius 3 is 3.00 bits per heavy atom. The van der Waals surface area contributed by atoms with Crippen molar-refractivity contribution >= 4 is 41.1 Å². The zero-order valence-electron chi connectivity index (χ0n) is 13.2. The van der Waals surface area contributed by atoms with Gasteiger partial charge in [0, 0.05) is 11.1 Å². The van der Waals surface area contributed by atoms with Gasteiger partial charge in [0.2, 0.25) is 5.91 Å². The minimum absolute atomic E-state index is 0.119. The number of carboxylic acid groups (broad SMARTS) is 1. The van der Waals surface area contributed by atoms with Crippen molar-refractivity contribution in [1.29, 1.82) is 0 Å². The van der Waals surface area contributed by atoms with Crippen molar-refractivity contribution in [2.45, 2.75) is 5.25 Å². The summed E-state index contributed by atoms with van der Waals surface area (Å²) in [6.07, 6.45) is 1.65. The number of carbonyl (C=O) groups excluding carboxylic acids is 1. The second-order valence-electron chi connectivity index (χ2n) is 5.64. The lowest BCUT2D eigenvalue weighted by atomic mass is 10.1. The smallest absolute Gasteiger partial charge is 0.335 e. The number of fused-ring (bicyclic) bond motifs is 1. The molecule has 3 N–H and O–H groups in total. The number of carbonyl (C=O) groups is 2. The Hall–Kier alpha value is -2.71. The number of carboxylic acids is 1. The number of rotatable bonds is 3. The molecule has 0 aliphatic carbocycles. The average molecular weight is 390 g/mol. The molecule has 1 aliphatic heterocycles. The summed E-state index contributed by atoms with van der Waals surface area (Å²) in [5.41, 5.74) is 1.43. The SMILES string of the molecule is O=C1CS[C@@H](c2ccc(-c3cc(C(=O)O)ccc3Cl)o2)c2cn[nH]c2N1. The lowest BCUT2D eigenvalue weighted by Gasteiger charge is -2.10. The van der Waals surface area contributed by atoms with Gasteiger partial charge in [-0.1, -0.05) is 11.6 Å². The van der Waals surface area contributed by atoms with Gasteiger partial charge in [0.1, 0.15) is 17.3 Å². The number of hydrogen-bond acceptors (Lipinski definition) is 5. The highest BCUT2D eigenvalue weighted by atomic mass is 35.5. The number of nitrogens with zero attached hydrogens (tertiary/aromatic N) is 1. The number of aromatic carboxylic acids is 1. The third kappa shape index (κ3) is 2.97. The number of anilines is 1. The molecule has 9 heteroatoms. The van der Waals surface area contributed by atoms with Crippen LogP contribution in [0.5, 0.6) is 0 Å². The van der Waals surface area contributed by atoms with Gasteiger partial charge < -0.3 is 14.8 Å². The first-order valence-corrected chi connectivity index (χ1v) is 9.03. The van der Waals surface area contributed by atoms with Gasteiger partial charge in [-0.05, 0) is 30.3 Å². The topological polar surface area (TPSA) is 108 Å². The van der Waals surface area contributed by atoms with Crippen molar-refractivity contribution in [2.75, 3.05) is 11.1 Å². The number of furan rings is 1. The van der Waals surface area contributed by atoms with Crippen LogP contribution in [0.1, 0.15) is 26.9 Å². The summed E-state index contributed by atoms with van der Waals surface area (Å²) in [5.74, 6) is 0.754. The summed E-state index contributed by atoms with van der Waals surface area (Å²) in [7, 11) is 0. The van der Waals surface area contributed by atoms with Crippen molar-refractivity contribution in [1.82, 2.24) is 10.2 Å². The molecule has 0 saturated carbocycles. The van der Waals surface area contributed by atoms with E-state index in [0.29, 0.717) is 27.9 Å². The second-order valence-corrected chi connectivity index (χ2v) is 7.14. The molecule has 1 aliphatic rings. The summed E-state index contributed by atoms with van der Waals surface area (Å²) in [6, 6.07) is 7.97. The number of H-pyrrole nitrogens is 1. The van der Waals surface area contributed by atoms with Gasteiger partial charge in [-0.25, -0.2) is 4.79 Å².